The summed E-state index contributed by atoms with van der Waals surface area (Å²) in [6.07, 6.45) is 0.0386. The molecular weight excluding hydrogens is 335 g/mol. The number of amides is 1. The first kappa shape index (κ1) is 22.5. The molecule has 1 amide bonds. The van der Waals surface area contributed by atoms with Crippen LogP contribution >= 0.6 is 0 Å². The van der Waals surface area contributed by atoms with E-state index in [9.17, 15) is 19.4 Å². The molecule has 0 aliphatic heterocycles. The van der Waals surface area contributed by atoms with E-state index in [4.69, 9.17) is 11.5 Å². The monoisotopic (exact) mass is 368 g/mol. The standard InChI is InChI=1S/C20H33FN2O3/c1-19(2,21)9-8-14(18(23)25)12-17(24)16(22)11-13-6-5-7-15(10-13)20(3,4)26/h5-7,10,14,16-17,24,26H,8-9,11-12,22H2,1-4H3,(H2,23,25). The SMILES string of the molecule is CC(C)(F)CCC(CC(O)C(N)Cc1cccc(C(C)(C)O)c1)C(N)=O. The van der Waals surface area contributed by atoms with Gasteiger partial charge in [-0.25, -0.2) is 4.39 Å². The van der Waals surface area contributed by atoms with Crippen molar-refractivity contribution in [2.75, 3.05) is 0 Å². The lowest BCUT2D eigenvalue weighted by atomic mass is 9.87. The summed E-state index contributed by atoms with van der Waals surface area (Å²) in [4.78, 5) is 11.6. The van der Waals surface area contributed by atoms with Crippen molar-refractivity contribution in [2.45, 2.75) is 76.8 Å². The molecule has 1 rings (SSSR count). The van der Waals surface area contributed by atoms with Gasteiger partial charge in [0.25, 0.3) is 0 Å². The maximum Gasteiger partial charge on any atom is 0.220 e. The molecular formula is C20H33FN2O3. The van der Waals surface area contributed by atoms with Crippen molar-refractivity contribution in [3.8, 4) is 0 Å². The molecule has 3 atom stereocenters. The van der Waals surface area contributed by atoms with Gasteiger partial charge in [-0.15, -0.1) is 0 Å². The fraction of sp³-hybridized carbons (Fsp3) is 0.650. The number of hydrogen-bond acceptors (Lipinski definition) is 4. The Morgan fingerprint density at radius 3 is 2.38 bits per heavy atom. The van der Waals surface area contributed by atoms with Gasteiger partial charge in [0.2, 0.25) is 5.91 Å². The number of carbonyl (C=O) groups is 1. The Morgan fingerprint density at radius 2 is 1.88 bits per heavy atom. The minimum absolute atomic E-state index is 0.109. The Labute approximate surface area is 155 Å². The first-order valence-electron chi connectivity index (χ1n) is 9.03. The Balaban J connectivity index is 2.71. The number of hydrogen-bond donors (Lipinski definition) is 4. The fourth-order valence-corrected chi connectivity index (χ4v) is 2.85. The van der Waals surface area contributed by atoms with Crippen LogP contribution in [0.15, 0.2) is 24.3 Å². The van der Waals surface area contributed by atoms with Crippen LogP contribution in [0.3, 0.4) is 0 Å². The van der Waals surface area contributed by atoms with Gasteiger partial charge < -0.3 is 21.7 Å². The van der Waals surface area contributed by atoms with E-state index in [1.165, 1.54) is 13.8 Å². The molecule has 6 N–H and O–H groups in total. The van der Waals surface area contributed by atoms with Gasteiger partial charge in [-0.2, -0.15) is 0 Å². The molecule has 0 radical (unpaired) electrons. The van der Waals surface area contributed by atoms with Crippen molar-refractivity contribution < 1.29 is 19.4 Å². The van der Waals surface area contributed by atoms with Crippen molar-refractivity contribution in [3.05, 3.63) is 35.4 Å². The maximum atomic E-state index is 13.7. The number of benzene rings is 1. The lowest BCUT2D eigenvalue weighted by Gasteiger charge is -2.25. The molecule has 0 heterocycles. The quantitative estimate of drug-likeness (QED) is 0.507. The van der Waals surface area contributed by atoms with Crippen LogP contribution in [0.4, 0.5) is 4.39 Å². The summed E-state index contributed by atoms with van der Waals surface area (Å²) in [7, 11) is 0. The zero-order chi connectivity index (χ0) is 20.1. The summed E-state index contributed by atoms with van der Waals surface area (Å²) in [6.45, 7) is 6.29. The van der Waals surface area contributed by atoms with E-state index in [0.29, 0.717) is 6.42 Å². The summed E-state index contributed by atoms with van der Waals surface area (Å²) in [6, 6.07) is 6.79. The number of halogens is 1. The van der Waals surface area contributed by atoms with Crippen LogP contribution in [0.2, 0.25) is 0 Å². The lowest BCUT2D eigenvalue weighted by Crippen LogP contribution is -2.40. The van der Waals surface area contributed by atoms with E-state index < -0.39 is 35.2 Å². The molecule has 0 aliphatic carbocycles. The van der Waals surface area contributed by atoms with E-state index in [0.717, 1.165) is 11.1 Å². The molecule has 6 heteroatoms. The van der Waals surface area contributed by atoms with E-state index in [2.05, 4.69) is 0 Å². The van der Waals surface area contributed by atoms with Crippen molar-refractivity contribution in [2.24, 2.45) is 17.4 Å². The summed E-state index contributed by atoms with van der Waals surface area (Å²) >= 11 is 0. The number of nitrogens with two attached hydrogens (primary N) is 2. The van der Waals surface area contributed by atoms with Crippen LogP contribution in [-0.4, -0.2) is 33.9 Å². The predicted molar refractivity (Wildman–Crippen MR) is 101 cm³/mol. The molecule has 0 aliphatic rings. The molecule has 5 nitrogen and oxygen atoms in total. The highest BCUT2D eigenvalue weighted by atomic mass is 19.1. The second kappa shape index (κ2) is 8.93. The van der Waals surface area contributed by atoms with Gasteiger partial charge in [0.1, 0.15) is 5.67 Å². The number of alkyl halides is 1. The van der Waals surface area contributed by atoms with Crippen molar-refractivity contribution in [1.29, 1.82) is 0 Å². The second-order valence-corrected chi connectivity index (χ2v) is 8.29. The van der Waals surface area contributed by atoms with Gasteiger partial charge in [0, 0.05) is 12.0 Å². The summed E-state index contributed by atoms with van der Waals surface area (Å²) < 4.78 is 13.7. The first-order chi connectivity index (χ1) is 11.8. The van der Waals surface area contributed by atoms with Crippen LogP contribution in [0.1, 0.15) is 58.1 Å². The molecule has 0 saturated heterocycles. The Hall–Kier alpha value is -1.50. The second-order valence-electron chi connectivity index (χ2n) is 8.29. The predicted octanol–water partition coefficient (Wildman–Crippen LogP) is 2.16. The van der Waals surface area contributed by atoms with Crippen LogP contribution in [-0.2, 0) is 16.8 Å². The average Bonchev–Trinajstić information content (AvgIpc) is 2.49. The van der Waals surface area contributed by atoms with Gasteiger partial charge in [-0.1, -0.05) is 24.3 Å². The molecule has 0 fully saturated rings. The van der Waals surface area contributed by atoms with Crippen molar-refractivity contribution in [1.82, 2.24) is 0 Å². The van der Waals surface area contributed by atoms with Gasteiger partial charge >= 0.3 is 0 Å². The number of carbonyl (C=O) groups excluding carboxylic acids is 1. The number of aliphatic hydroxyl groups excluding tert-OH is 1. The minimum Gasteiger partial charge on any atom is -0.391 e. The summed E-state index contributed by atoms with van der Waals surface area (Å²) in [5, 5.41) is 20.5. The molecule has 0 spiro atoms. The third-order valence-electron chi connectivity index (χ3n) is 4.61. The third kappa shape index (κ3) is 7.81. The Kier molecular flexibility index (Phi) is 7.74. The number of primary amides is 1. The average molecular weight is 368 g/mol. The zero-order valence-electron chi connectivity index (χ0n) is 16.2. The normalized spacial score (nSPS) is 16.2. The maximum absolute atomic E-state index is 13.7. The molecule has 1 aromatic carbocycles. The van der Waals surface area contributed by atoms with E-state index in [1.54, 1.807) is 13.8 Å². The van der Waals surface area contributed by atoms with Crippen molar-refractivity contribution in [3.63, 3.8) is 0 Å². The van der Waals surface area contributed by atoms with Crippen LogP contribution < -0.4 is 11.5 Å². The highest BCUT2D eigenvalue weighted by Crippen LogP contribution is 2.24. The van der Waals surface area contributed by atoms with Gasteiger partial charge in [0.05, 0.1) is 11.7 Å². The number of aliphatic hydroxyl groups is 2. The molecule has 0 aromatic heterocycles. The molecule has 1 aromatic rings. The molecule has 0 saturated carbocycles. The smallest absolute Gasteiger partial charge is 0.220 e. The van der Waals surface area contributed by atoms with E-state index >= 15 is 0 Å². The topological polar surface area (TPSA) is 110 Å². The molecule has 0 bridgehead atoms. The Morgan fingerprint density at radius 1 is 1.27 bits per heavy atom. The van der Waals surface area contributed by atoms with Gasteiger partial charge in [-0.05, 0) is 64.5 Å². The van der Waals surface area contributed by atoms with E-state index in [1.807, 2.05) is 24.3 Å². The zero-order valence-corrected chi connectivity index (χ0v) is 16.2. The highest BCUT2D eigenvalue weighted by Gasteiger charge is 2.27. The minimum atomic E-state index is -1.39. The Bertz CT molecular complexity index is 593. The molecule has 148 valence electrons. The summed E-state index contributed by atoms with van der Waals surface area (Å²) in [5.41, 5.74) is 10.8. The van der Waals surface area contributed by atoms with Crippen molar-refractivity contribution >= 4 is 5.91 Å². The third-order valence-corrected chi connectivity index (χ3v) is 4.61. The molecule has 3 unspecified atom stereocenters. The first-order valence-corrected chi connectivity index (χ1v) is 9.03. The lowest BCUT2D eigenvalue weighted by molar-refractivity contribution is -0.123. The largest absolute Gasteiger partial charge is 0.391 e. The summed E-state index contributed by atoms with van der Waals surface area (Å²) in [5.74, 6) is -1.17. The van der Waals surface area contributed by atoms with Gasteiger partial charge in [-0.3, -0.25) is 4.79 Å². The van der Waals surface area contributed by atoms with Crippen LogP contribution in [0, 0.1) is 5.92 Å². The molecule has 26 heavy (non-hydrogen) atoms. The highest BCUT2D eigenvalue weighted by molar-refractivity contribution is 5.76. The number of rotatable bonds is 10. The van der Waals surface area contributed by atoms with Crippen LogP contribution in [0.5, 0.6) is 0 Å². The van der Waals surface area contributed by atoms with Crippen LogP contribution in [0.25, 0.3) is 0 Å². The van der Waals surface area contributed by atoms with E-state index in [-0.39, 0.29) is 19.3 Å². The fourth-order valence-electron chi connectivity index (χ4n) is 2.85. The van der Waals surface area contributed by atoms with Gasteiger partial charge in [0.15, 0.2) is 0 Å².